The molecule has 0 saturated carbocycles. The molecule has 0 saturated heterocycles. The second-order valence-corrected chi connectivity index (χ2v) is 5.90. The van der Waals surface area contributed by atoms with Crippen molar-refractivity contribution in [2.45, 2.75) is 51.7 Å². The summed E-state index contributed by atoms with van der Waals surface area (Å²) in [6.07, 6.45) is 5.08. The normalized spacial score (nSPS) is 16.0. The first-order valence-corrected chi connectivity index (χ1v) is 7.70. The molecule has 1 atom stereocenters. The van der Waals surface area contributed by atoms with Crippen LogP contribution in [0.15, 0.2) is 18.2 Å². The fraction of sp³-hybridized carbons (Fsp3) is 0.647. The van der Waals surface area contributed by atoms with E-state index in [0.29, 0.717) is 12.6 Å². The number of hydrogen-bond acceptors (Lipinski definition) is 3. The van der Waals surface area contributed by atoms with Gasteiger partial charge in [-0.25, -0.2) is 0 Å². The van der Waals surface area contributed by atoms with Crippen LogP contribution in [-0.4, -0.2) is 32.4 Å². The van der Waals surface area contributed by atoms with Crippen LogP contribution in [0.25, 0.3) is 0 Å². The van der Waals surface area contributed by atoms with Gasteiger partial charge in [-0.2, -0.15) is 0 Å². The molecule has 0 fully saturated rings. The van der Waals surface area contributed by atoms with Crippen molar-refractivity contribution in [1.29, 1.82) is 0 Å². The Morgan fingerprint density at radius 2 is 1.90 bits per heavy atom. The van der Waals surface area contributed by atoms with Crippen molar-refractivity contribution in [3.8, 4) is 5.75 Å². The predicted molar refractivity (Wildman–Crippen MR) is 82.5 cm³/mol. The largest absolute Gasteiger partial charge is 0.487 e. The minimum absolute atomic E-state index is 0.0593. The third-order valence-corrected chi connectivity index (χ3v) is 3.73. The summed E-state index contributed by atoms with van der Waals surface area (Å²) in [5.74, 6) is 0.971. The van der Waals surface area contributed by atoms with Gasteiger partial charge in [-0.05, 0) is 48.9 Å². The van der Waals surface area contributed by atoms with Gasteiger partial charge in [0, 0.05) is 19.7 Å². The van der Waals surface area contributed by atoms with E-state index in [1.54, 1.807) is 7.11 Å². The van der Waals surface area contributed by atoms with E-state index in [4.69, 9.17) is 9.47 Å². The number of fused-ring (bicyclic) bond motifs is 1. The lowest BCUT2D eigenvalue weighted by atomic mass is 9.92. The number of hydrogen-bond donors (Lipinski definition) is 1. The Morgan fingerprint density at radius 1 is 1.15 bits per heavy atom. The van der Waals surface area contributed by atoms with E-state index in [9.17, 15) is 0 Å². The van der Waals surface area contributed by atoms with Crippen LogP contribution in [0.5, 0.6) is 5.75 Å². The van der Waals surface area contributed by atoms with E-state index in [2.05, 4.69) is 37.4 Å². The molecule has 1 aromatic carbocycles. The van der Waals surface area contributed by atoms with Crippen LogP contribution < -0.4 is 10.1 Å². The molecule has 0 bridgehead atoms. The topological polar surface area (TPSA) is 30.5 Å². The fourth-order valence-corrected chi connectivity index (χ4v) is 2.66. The highest BCUT2D eigenvalue weighted by molar-refractivity contribution is 5.37. The highest BCUT2D eigenvalue weighted by atomic mass is 16.5. The van der Waals surface area contributed by atoms with Gasteiger partial charge < -0.3 is 14.8 Å². The summed E-state index contributed by atoms with van der Waals surface area (Å²) >= 11 is 0. The lowest BCUT2D eigenvalue weighted by Crippen LogP contribution is -2.38. The summed E-state index contributed by atoms with van der Waals surface area (Å²) in [5.41, 5.74) is 2.95. The number of nitrogens with one attached hydrogen (secondary N) is 1. The average Bonchev–Trinajstić information content (AvgIpc) is 2.45. The molecule has 112 valence electrons. The van der Waals surface area contributed by atoms with Gasteiger partial charge in [0.2, 0.25) is 0 Å². The third kappa shape index (κ3) is 4.50. The summed E-state index contributed by atoms with van der Waals surface area (Å²) in [6, 6.07) is 7.00. The molecule has 0 spiro atoms. The second-order valence-electron chi connectivity index (χ2n) is 5.90. The van der Waals surface area contributed by atoms with Crippen LogP contribution >= 0.6 is 0 Å². The van der Waals surface area contributed by atoms with Crippen molar-refractivity contribution in [3.05, 3.63) is 29.3 Å². The lowest BCUT2D eigenvalue weighted by Gasteiger charge is -2.22. The van der Waals surface area contributed by atoms with Gasteiger partial charge in [0.15, 0.2) is 0 Å². The molecular formula is C17H27NO2. The van der Waals surface area contributed by atoms with Gasteiger partial charge in [-0.15, -0.1) is 0 Å². The second kappa shape index (κ2) is 7.65. The molecule has 0 amide bonds. The van der Waals surface area contributed by atoms with Crippen LogP contribution in [0.3, 0.4) is 0 Å². The number of aryl methyl sites for hydroxylation is 2. The van der Waals surface area contributed by atoms with Gasteiger partial charge in [0.25, 0.3) is 0 Å². The van der Waals surface area contributed by atoms with Crippen LogP contribution in [0.4, 0.5) is 0 Å². The van der Waals surface area contributed by atoms with E-state index < -0.39 is 0 Å². The quantitative estimate of drug-likeness (QED) is 0.831. The van der Waals surface area contributed by atoms with Crippen LogP contribution in [-0.2, 0) is 17.6 Å². The Labute approximate surface area is 122 Å². The molecule has 0 aliphatic heterocycles. The zero-order chi connectivity index (χ0) is 14.4. The number of rotatable bonds is 7. The van der Waals surface area contributed by atoms with Crippen molar-refractivity contribution in [2.75, 3.05) is 20.3 Å². The Bertz CT molecular complexity index is 417. The lowest BCUT2D eigenvalue weighted by molar-refractivity contribution is 0.0793. The molecule has 1 aliphatic carbocycles. The van der Waals surface area contributed by atoms with E-state index in [-0.39, 0.29) is 6.10 Å². The van der Waals surface area contributed by atoms with Crippen molar-refractivity contribution < 1.29 is 9.47 Å². The third-order valence-electron chi connectivity index (χ3n) is 3.73. The summed E-state index contributed by atoms with van der Waals surface area (Å²) in [5, 5.41) is 3.41. The summed E-state index contributed by atoms with van der Waals surface area (Å²) in [4.78, 5) is 0. The van der Waals surface area contributed by atoms with Gasteiger partial charge in [-0.3, -0.25) is 0 Å². The highest BCUT2D eigenvalue weighted by Crippen LogP contribution is 2.25. The maximum absolute atomic E-state index is 6.08. The molecule has 3 nitrogen and oxygen atoms in total. The number of benzene rings is 1. The van der Waals surface area contributed by atoms with Crippen LogP contribution in [0, 0.1) is 0 Å². The molecule has 2 rings (SSSR count). The maximum Gasteiger partial charge on any atom is 0.134 e. The zero-order valence-electron chi connectivity index (χ0n) is 12.9. The molecule has 3 heteroatoms. The SMILES string of the molecule is COCC(CNC(C)C)Oc1ccc2c(c1)CCCC2. The molecule has 1 aromatic rings. The van der Waals surface area contributed by atoms with E-state index >= 15 is 0 Å². The van der Waals surface area contributed by atoms with E-state index in [1.807, 2.05) is 0 Å². The minimum atomic E-state index is 0.0593. The molecular weight excluding hydrogens is 250 g/mol. The van der Waals surface area contributed by atoms with Crippen molar-refractivity contribution in [2.24, 2.45) is 0 Å². The van der Waals surface area contributed by atoms with Crippen molar-refractivity contribution >= 4 is 0 Å². The standard InChI is InChI=1S/C17H27NO2/c1-13(2)18-11-17(12-19-3)20-16-9-8-14-6-4-5-7-15(14)10-16/h8-10,13,17-18H,4-7,11-12H2,1-3H3. The summed E-state index contributed by atoms with van der Waals surface area (Å²) in [6.45, 7) is 5.70. The van der Waals surface area contributed by atoms with E-state index in [0.717, 1.165) is 12.3 Å². The monoisotopic (exact) mass is 277 g/mol. The molecule has 0 heterocycles. The molecule has 1 aliphatic rings. The Balaban J connectivity index is 1.98. The smallest absolute Gasteiger partial charge is 0.134 e. The van der Waals surface area contributed by atoms with Crippen molar-refractivity contribution in [1.82, 2.24) is 5.32 Å². The van der Waals surface area contributed by atoms with Crippen LogP contribution in [0.2, 0.25) is 0 Å². The minimum Gasteiger partial charge on any atom is -0.487 e. The maximum atomic E-state index is 6.08. The first kappa shape index (κ1) is 15.3. The number of ether oxygens (including phenoxy) is 2. The first-order chi connectivity index (χ1) is 9.69. The predicted octanol–water partition coefficient (Wildman–Crippen LogP) is 2.96. The summed E-state index contributed by atoms with van der Waals surface area (Å²) < 4.78 is 11.3. The van der Waals surface area contributed by atoms with Crippen LogP contribution in [0.1, 0.15) is 37.8 Å². The molecule has 1 N–H and O–H groups in total. The Morgan fingerprint density at radius 3 is 2.60 bits per heavy atom. The number of methoxy groups -OCH3 is 1. The van der Waals surface area contributed by atoms with Crippen molar-refractivity contribution in [3.63, 3.8) is 0 Å². The molecule has 0 radical (unpaired) electrons. The van der Waals surface area contributed by atoms with Gasteiger partial charge in [-0.1, -0.05) is 19.9 Å². The van der Waals surface area contributed by atoms with Gasteiger partial charge in [0.1, 0.15) is 11.9 Å². The molecule has 0 aromatic heterocycles. The summed E-state index contributed by atoms with van der Waals surface area (Å²) in [7, 11) is 1.72. The van der Waals surface area contributed by atoms with Gasteiger partial charge >= 0.3 is 0 Å². The highest BCUT2D eigenvalue weighted by Gasteiger charge is 2.14. The van der Waals surface area contributed by atoms with Gasteiger partial charge in [0.05, 0.1) is 6.61 Å². The molecule has 20 heavy (non-hydrogen) atoms. The zero-order valence-corrected chi connectivity index (χ0v) is 12.9. The first-order valence-electron chi connectivity index (χ1n) is 7.70. The Kier molecular flexibility index (Phi) is 5.86. The molecule has 1 unspecified atom stereocenters. The van der Waals surface area contributed by atoms with E-state index in [1.165, 1.54) is 36.8 Å². The average molecular weight is 277 g/mol. The fourth-order valence-electron chi connectivity index (χ4n) is 2.66. The Hall–Kier alpha value is -1.06.